The van der Waals surface area contributed by atoms with Gasteiger partial charge in [-0.3, -0.25) is 9.59 Å². The molecular formula is C22H19N5O2. The Hall–Kier alpha value is -4.05. The number of aryl methyl sites for hydroxylation is 1. The fourth-order valence-corrected chi connectivity index (χ4v) is 2.49. The van der Waals surface area contributed by atoms with Crippen molar-refractivity contribution in [2.24, 2.45) is 0 Å². The van der Waals surface area contributed by atoms with E-state index < -0.39 is 18.3 Å². The highest BCUT2D eigenvalue weighted by Crippen LogP contribution is 2.06. The maximum absolute atomic E-state index is 12.5. The van der Waals surface area contributed by atoms with Crippen LogP contribution in [0.3, 0.4) is 0 Å². The Labute approximate surface area is 171 Å². The molecule has 2 N–H and O–H groups in total. The molecule has 144 valence electrons. The molecule has 7 heteroatoms. The van der Waals surface area contributed by atoms with Crippen molar-refractivity contribution in [2.45, 2.75) is 20.0 Å². The lowest BCUT2D eigenvalue weighted by Gasteiger charge is -2.07. The van der Waals surface area contributed by atoms with Gasteiger partial charge in [0.15, 0.2) is 0 Å². The molecule has 1 aromatic heterocycles. The minimum absolute atomic E-state index is 0.0232. The maximum atomic E-state index is 12.5. The van der Waals surface area contributed by atoms with E-state index in [4.69, 9.17) is 8.00 Å². The first-order chi connectivity index (χ1) is 14.8. The first kappa shape index (κ1) is 17.1. The summed E-state index contributed by atoms with van der Waals surface area (Å²) in [7, 11) is 0. The Morgan fingerprint density at radius 2 is 1.69 bits per heavy atom. The van der Waals surface area contributed by atoms with E-state index in [0.717, 1.165) is 17.5 Å². The van der Waals surface area contributed by atoms with Crippen LogP contribution in [0.2, 0.25) is 0 Å². The summed E-state index contributed by atoms with van der Waals surface area (Å²) in [5.74, 6) is -1.28. The van der Waals surface area contributed by atoms with Gasteiger partial charge >= 0.3 is 0 Å². The summed E-state index contributed by atoms with van der Waals surface area (Å²) in [4.78, 5) is 32.7. The first-order valence-corrected chi connectivity index (χ1v) is 8.77. The molecule has 0 radical (unpaired) electrons. The van der Waals surface area contributed by atoms with Crippen LogP contribution in [0.4, 0.5) is 0 Å². The van der Waals surface area contributed by atoms with Gasteiger partial charge in [-0.15, -0.1) is 0 Å². The van der Waals surface area contributed by atoms with Gasteiger partial charge in [0.2, 0.25) is 0 Å². The summed E-state index contributed by atoms with van der Waals surface area (Å²) in [5.41, 5.74) is 2.33. The summed E-state index contributed by atoms with van der Waals surface area (Å²) < 4.78 is 16.3. The number of hydrogen-bond acceptors (Lipinski definition) is 5. The molecule has 0 fully saturated rings. The molecule has 29 heavy (non-hydrogen) atoms. The van der Waals surface area contributed by atoms with E-state index in [-0.39, 0.29) is 17.9 Å². The number of nitrogens with zero attached hydrogens (tertiary/aromatic N) is 3. The number of amides is 2. The Morgan fingerprint density at radius 3 is 2.34 bits per heavy atom. The predicted molar refractivity (Wildman–Crippen MR) is 107 cm³/mol. The molecule has 0 bridgehead atoms. The van der Waals surface area contributed by atoms with Crippen molar-refractivity contribution in [3.8, 4) is 6.07 Å². The topological polar surface area (TPSA) is 108 Å². The molecule has 0 spiro atoms. The third-order valence-corrected chi connectivity index (χ3v) is 4.01. The van der Waals surface area contributed by atoms with Gasteiger partial charge in [-0.25, -0.2) is 9.97 Å². The molecule has 0 aliphatic carbocycles. The predicted octanol–water partition coefficient (Wildman–Crippen LogP) is 2.52. The molecular weight excluding hydrogens is 366 g/mol. The summed E-state index contributed by atoms with van der Waals surface area (Å²) in [6.45, 7) is -0.0767. The van der Waals surface area contributed by atoms with E-state index in [9.17, 15) is 9.59 Å². The molecule has 2 amide bonds. The second kappa shape index (κ2) is 9.24. The lowest BCUT2D eigenvalue weighted by molar-refractivity contribution is 0.0944. The van der Waals surface area contributed by atoms with E-state index in [1.165, 1.54) is 6.07 Å². The molecule has 3 aromatic rings. The number of nitriles is 1. The monoisotopic (exact) mass is 387 g/mol. The molecule has 0 saturated carbocycles. The van der Waals surface area contributed by atoms with Crippen molar-refractivity contribution in [1.29, 1.82) is 5.26 Å². The highest BCUT2D eigenvalue weighted by molar-refractivity contribution is 5.97. The Kier molecular flexibility index (Phi) is 5.44. The van der Waals surface area contributed by atoms with Crippen LogP contribution >= 0.6 is 0 Å². The normalized spacial score (nSPS) is 11.6. The zero-order chi connectivity index (χ0) is 22.4. The summed E-state index contributed by atoms with van der Waals surface area (Å²) in [6.07, 6.45) is 1.08. The van der Waals surface area contributed by atoms with Gasteiger partial charge in [-0.2, -0.15) is 5.26 Å². The average molecular weight is 387 g/mol. The van der Waals surface area contributed by atoms with Crippen LogP contribution in [-0.2, 0) is 13.0 Å². The van der Waals surface area contributed by atoms with Crippen molar-refractivity contribution in [1.82, 2.24) is 20.6 Å². The Morgan fingerprint density at radius 1 is 1.00 bits per heavy atom. The first-order valence-electron chi connectivity index (χ1n) is 9.77. The third kappa shape index (κ3) is 5.47. The van der Waals surface area contributed by atoms with Gasteiger partial charge in [0.25, 0.3) is 11.8 Å². The number of rotatable bonds is 6. The average Bonchev–Trinajstić information content (AvgIpc) is 2.77. The van der Waals surface area contributed by atoms with Crippen molar-refractivity contribution in [2.75, 3.05) is 0 Å². The smallest absolute Gasteiger partial charge is 0.270 e. The van der Waals surface area contributed by atoms with Crippen LogP contribution in [-0.4, -0.2) is 21.8 Å². The fourth-order valence-electron chi connectivity index (χ4n) is 2.49. The van der Waals surface area contributed by atoms with Crippen LogP contribution in [0.25, 0.3) is 0 Å². The summed E-state index contributed by atoms with van der Waals surface area (Å²) in [5, 5.41) is 13.8. The molecule has 0 saturated heterocycles. The van der Waals surface area contributed by atoms with Gasteiger partial charge in [0, 0.05) is 19.1 Å². The number of aromatic nitrogens is 2. The van der Waals surface area contributed by atoms with Crippen molar-refractivity contribution < 1.29 is 12.3 Å². The van der Waals surface area contributed by atoms with Crippen LogP contribution in [0.15, 0.2) is 60.9 Å². The van der Waals surface area contributed by atoms with Crippen molar-refractivity contribution in [3.05, 3.63) is 94.6 Å². The van der Waals surface area contributed by atoms with E-state index in [2.05, 4.69) is 20.6 Å². The molecule has 1 heterocycles. The van der Waals surface area contributed by atoms with Crippen LogP contribution < -0.4 is 10.6 Å². The molecule has 7 nitrogen and oxygen atoms in total. The second-order valence-electron chi connectivity index (χ2n) is 6.23. The largest absolute Gasteiger partial charge is 0.347 e. The standard InChI is InChI=1S/C22H19N5O2/c1-15-3-2-4-18(9-15)13-25-22(29)20-10-19(26-14-27-20)21(28)24-12-17-7-5-16(11-23)6-8-17/h2-10,14H,12-13H2,1H3,(H,24,28)(H,25,29)/i13D2. The molecule has 0 atom stereocenters. The van der Waals surface area contributed by atoms with E-state index in [1.54, 1.807) is 42.5 Å². The van der Waals surface area contributed by atoms with E-state index in [1.807, 2.05) is 19.1 Å². The van der Waals surface area contributed by atoms with Gasteiger partial charge in [0.05, 0.1) is 14.4 Å². The minimum Gasteiger partial charge on any atom is -0.347 e. The highest BCUT2D eigenvalue weighted by atomic mass is 16.2. The number of nitrogens with one attached hydrogen (secondary N) is 2. The molecule has 0 aliphatic heterocycles. The van der Waals surface area contributed by atoms with Crippen LogP contribution in [0.1, 0.15) is 46.0 Å². The number of benzene rings is 2. The van der Waals surface area contributed by atoms with Crippen LogP contribution in [0, 0.1) is 18.3 Å². The highest BCUT2D eigenvalue weighted by Gasteiger charge is 2.13. The van der Waals surface area contributed by atoms with Gasteiger partial charge in [-0.1, -0.05) is 42.0 Å². The molecule has 2 aromatic carbocycles. The number of carbonyl (C=O) groups is 2. The molecule has 0 aliphatic rings. The quantitative estimate of drug-likeness (QED) is 0.676. The lowest BCUT2D eigenvalue weighted by Crippen LogP contribution is -2.27. The lowest BCUT2D eigenvalue weighted by atomic mass is 10.1. The minimum atomic E-state index is -2.12. The molecule has 3 rings (SSSR count). The zero-order valence-corrected chi connectivity index (χ0v) is 15.6. The van der Waals surface area contributed by atoms with Crippen molar-refractivity contribution in [3.63, 3.8) is 0 Å². The van der Waals surface area contributed by atoms with Crippen molar-refractivity contribution >= 4 is 11.8 Å². The Bertz CT molecular complexity index is 1160. The number of carbonyl (C=O) groups excluding carboxylic acids is 2. The Balaban J connectivity index is 1.67. The maximum Gasteiger partial charge on any atom is 0.270 e. The van der Waals surface area contributed by atoms with Gasteiger partial charge in [-0.05, 0) is 30.2 Å². The van der Waals surface area contributed by atoms with Gasteiger partial charge in [0.1, 0.15) is 17.7 Å². The van der Waals surface area contributed by atoms with Gasteiger partial charge < -0.3 is 10.6 Å². The van der Waals surface area contributed by atoms with Crippen LogP contribution in [0.5, 0.6) is 0 Å². The number of hydrogen-bond donors (Lipinski definition) is 2. The summed E-state index contributed by atoms with van der Waals surface area (Å²) >= 11 is 0. The third-order valence-electron chi connectivity index (χ3n) is 4.01. The van der Waals surface area contributed by atoms with E-state index >= 15 is 0 Å². The fraction of sp³-hybridized carbons (Fsp3) is 0.136. The zero-order valence-electron chi connectivity index (χ0n) is 17.6. The summed E-state index contributed by atoms with van der Waals surface area (Å²) in [6, 6.07) is 16.7. The van der Waals surface area contributed by atoms with E-state index in [0.29, 0.717) is 11.1 Å². The second-order valence-corrected chi connectivity index (χ2v) is 6.23. The SMILES string of the molecule is [2H]C([2H])(NC(=O)c1cc(C(=O)NCc2ccc(C#N)cc2)ncn1)c1cccc(C)c1. The molecule has 0 unspecified atom stereocenters.